The molecule has 1 aliphatic heterocycles. The van der Waals surface area contributed by atoms with Gasteiger partial charge in [0.15, 0.2) is 0 Å². The lowest BCUT2D eigenvalue weighted by Crippen LogP contribution is -2.44. The van der Waals surface area contributed by atoms with E-state index in [1.54, 1.807) is 49.5 Å². The summed E-state index contributed by atoms with van der Waals surface area (Å²) in [5, 5.41) is 1.52. The van der Waals surface area contributed by atoms with Crippen LogP contribution in [0, 0.1) is 18.8 Å². The van der Waals surface area contributed by atoms with E-state index >= 15 is 0 Å². The summed E-state index contributed by atoms with van der Waals surface area (Å²) in [5.74, 6) is -1.92. The summed E-state index contributed by atoms with van der Waals surface area (Å²) >= 11 is 0. The molecule has 2 aromatic carbocycles. The number of likely N-dealkylation sites (N-methyl/N-ethyl adjacent to an activating group) is 1. The van der Waals surface area contributed by atoms with Gasteiger partial charge in [0.2, 0.25) is 0 Å². The van der Waals surface area contributed by atoms with E-state index in [4.69, 9.17) is 18.5 Å². The highest BCUT2D eigenvalue weighted by atomic mass is 32.2. The third kappa shape index (κ3) is 5.00. The first-order valence-corrected chi connectivity index (χ1v) is 12.3. The highest BCUT2D eigenvalue weighted by Gasteiger charge is 2.59. The zero-order valence-corrected chi connectivity index (χ0v) is 19.9. The maximum absolute atomic E-state index is 13.2. The molecular weight excluding hydrogens is 462 g/mol. The Labute approximate surface area is 198 Å². The fraction of sp³-hybridized carbons (Fsp3) is 0.417. The number of aryl methyl sites for hydroxylation is 1. The van der Waals surface area contributed by atoms with E-state index < -0.39 is 46.2 Å². The molecular formula is C24H27NO8S. The van der Waals surface area contributed by atoms with Crippen LogP contribution in [0.3, 0.4) is 0 Å². The van der Waals surface area contributed by atoms with Gasteiger partial charge in [-0.3, -0.25) is 13.8 Å². The number of hydrogen-bond acceptors (Lipinski definition) is 9. The van der Waals surface area contributed by atoms with Crippen LogP contribution in [0.1, 0.15) is 22.8 Å². The van der Waals surface area contributed by atoms with Gasteiger partial charge >= 0.3 is 11.9 Å². The number of carbonyl (C=O) groups is 2. The quantitative estimate of drug-likeness (QED) is 0.428. The first-order chi connectivity index (χ1) is 16.2. The highest BCUT2D eigenvalue weighted by Crippen LogP contribution is 2.44. The fourth-order valence-corrected chi connectivity index (χ4v) is 5.63. The Kier molecular flexibility index (Phi) is 7.04. The summed E-state index contributed by atoms with van der Waals surface area (Å²) in [6.07, 6.45) is -2.06. The van der Waals surface area contributed by atoms with Gasteiger partial charge < -0.3 is 9.47 Å². The van der Waals surface area contributed by atoms with Crippen LogP contribution in [-0.4, -0.2) is 63.9 Å². The monoisotopic (exact) mass is 489 g/mol. The van der Waals surface area contributed by atoms with Gasteiger partial charge in [0, 0.05) is 25.8 Å². The lowest BCUT2D eigenvalue weighted by atomic mass is 9.95. The van der Waals surface area contributed by atoms with Crippen molar-refractivity contribution in [1.82, 2.24) is 5.06 Å². The Morgan fingerprint density at radius 2 is 1.74 bits per heavy atom. The Bertz CT molecular complexity index is 1140. The average molecular weight is 490 g/mol. The Morgan fingerprint density at radius 3 is 2.38 bits per heavy atom. The molecule has 0 unspecified atom stereocenters. The van der Waals surface area contributed by atoms with Crippen molar-refractivity contribution in [1.29, 1.82) is 0 Å². The smallest absolute Gasteiger partial charge is 0.338 e. The number of esters is 2. The van der Waals surface area contributed by atoms with E-state index in [2.05, 4.69) is 0 Å². The molecule has 34 heavy (non-hydrogen) atoms. The molecule has 0 bridgehead atoms. The molecule has 0 spiro atoms. The van der Waals surface area contributed by atoms with Gasteiger partial charge in [-0.2, -0.15) is 13.5 Å². The van der Waals surface area contributed by atoms with Gasteiger partial charge in [-0.15, -0.1) is 0 Å². The SMILES string of the molecule is CC(=O)OC[C@@H]1[C@H]2CON(C)[C@H]2[C@H](OS(=O)(=O)c2ccc(C)cc2)[C@H]1OC(=O)c1ccccc1. The standard InChI is InChI=1S/C24H27NO8S/c1-15-9-11-18(12-10-15)34(28,29)33-23-21-19(14-31-25(21)3)20(13-30-16(2)26)22(23)32-24(27)17-7-5-4-6-8-17/h4-12,19-23H,13-14H2,1-3H3/t19-,20-,21-,22+,23+/m1/s1. The largest absolute Gasteiger partial charge is 0.465 e. The second kappa shape index (κ2) is 9.83. The van der Waals surface area contributed by atoms with Gasteiger partial charge in [-0.25, -0.2) is 4.79 Å². The normalized spacial score (nSPS) is 26.7. The summed E-state index contributed by atoms with van der Waals surface area (Å²) in [4.78, 5) is 30.1. The molecule has 1 saturated carbocycles. The summed E-state index contributed by atoms with van der Waals surface area (Å²) in [6, 6.07) is 14.1. The van der Waals surface area contributed by atoms with Gasteiger partial charge in [0.1, 0.15) is 12.2 Å². The highest BCUT2D eigenvalue weighted by molar-refractivity contribution is 7.86. The maximum Gasteiger partial charge on any atom is 0.338 e. The molecule has 0 radical (unpaired) electrons. The minimum Gasteiger partial charge on any atom is -0.465 e. The van der Waals surface area contributed by atoms with E-state index in [1.165, 1.54) is 24.1 Å². The lowest BCUT2D eigenvalue weighted by Gasteiger charge is -2.28. The van der Waals surface area contributed by atoms with Crippen molar-refractivity contribution in [3.8, 4) is 0 Å². The van der Waals surface area contributed by atoms with Crippen LogP contribution in [-0.2, 0) is 33.4 Å². The van der Waals surface area contributed by atoms with E-state index in [0.717, 1.165) is 5.56 Å². The Balaban J connectivity index is 1.68. The molecule has 1 aliphatic carbocycles. The van der Waals surface area contributed by atoms with Crippen LogP contribution in [0.4, 0.5) is 0 Å². The van der Waals surface area contributed by atoms with Gasteiger partial charge in [0.25, 0.3) is 10.1 Å². The van der Waals surface area contributed by atoms with Crippen LogP contribution < -0.4 is 0 Å². The van der Waals surface area contributed by atoms with Gasteiger partial charge in [0.05, 0.1) is 29.7 Å². The zero-order valence-electron chi connectivity index (χ0n) is 19.1. The first-order valence-electron chi connectivity index (χ1n) is 10.9. The summed E-state index contributed by atoms with van der Waals surface area (Å²) < 4.78 is 43.1. The molecule has 1 heterocycles. The van der Waals surface area contributed by atoms with Crippen LogP contribution in [0.25, 0.3) is 0 Å². The van der Waals surface area contributed by atoms with Crippen LogP contribution >= 0.6 is 0 Å². The predicted octanol–water partition coefficient (Wildman–Crippen LogP) is 2.35. The fourth-order valence-electron chi connectivity index (χ4n) is 4.54. The van der Waals surface area contributed by atoms with Crippen LogP contribution in [0.5, 0.6) is 0 Å². The van der Waals surface area contributed by atoms with Crippen molar-refractivity contribution in [3.05, 3.63) is 65.7 Å². The molecule has 5 atom stereocenters. The number of nitrogens with zero attached hydrogens (tertiary/aromatic N) is 1. The molecule has 182 valence electrons. The van der Waals surface area contributed by atoms with E-state index in [-0.39, 0.29) is 24.0 Å². The number of carbonyl (C=O) groups excluding carboxylic acids is 2. The number of benzene rings is 2. The van der Waals surface area contributed by atoms with Crippen molar-refractivity contribution < 1.29 is 36.5 Å². The number of hydrogen-bond donors (Lipinski definition) is 0. The maximum atomic E-state index is 13.2. The van der Waals surface area contributed by atoms with Crippen molar-refractivity contribution in [2.24, 2.45) is 11.8 Å². The second-order valence-electron chi connectivity index (χ2n) is 8.53. The molecule has 4 rings (SSSR count). The van der Waals surface area contributed by atoms with Crippen molar-refractivity contribution in [3.63, 3.8) is 0 Å². The number of fused-ring (bicyclic) bond motifs is 1. The molecule has 2 fully saturated rings. The zero-order chi connectivity index (χ0) is 24.5. The summed E-state index contributed by atoms with van der Waals surface area (Å²) in [6.45, 7) is 3.31. The molecule has 0 aromatic heterocycles. The average Bonchev–Trinajstić information content (AvgIpc) is 3.31. The first kappa shape index (κ1) is 24.3. The third-order valence-electron chi connectivity index (χ3n) is 6.24. The third-order valence-corrected chi connectivity index (χ3v) is 7.57. The van der Waals surface area contributed by atoms with E-state index in [1.807, 2.05) is 6.92 Å². The second-order valence-corrected chi connectivity index (χ2v) is 10.1. The molecule has 0 N–H and O–H groups in total. The number of hydroxylamine groups is 2. The number of ether oxygens (including phenoxy) is 2. The molecule has 10 heteroatoms. The molecule has 2 aliphatic rings. The Morgan fingerprint density at radius 1 is 1.06 bits per heavy atom. The van der Waals surface area contributed by atoms with Crippen molar-refractivity contribution in [2.75, 3.05) is 20.3 Å². The number of rotatable bonds is 7. The van der Waals surface area contributed by atoms with Crippen LogP contribution in [0.2, 0.25) is 0 Å². The van der Waals surface area contributed by atoms with Crippen LogP contribution in [0.15, 0.2) is 59.5 Å². The lowest BCUT2D eigenvalue weighted by molar-refractivity contribution is -0.149. The minimum absolute atomic E-state index is 0.00668. The van der Waals surface area contributed by atoms with Crippen molar-refractivity contribution in [2.45, 2.75) is 37.0 Å². The van der Waals surface area contributed by atoms with Crippen molar-refractivity contribution >= 4 is 22.1 Å². The van der Waals surface area contributed by atoms with Gasteiger partial charge in [-0.05, 0) is 31.2 Å². The summed E-state index contributed by atoms with van der Waals surface area (Å²) in [5.41, 5.74) is 1.22. The van der Waals surface area contributed by atoms with Gasteiger partial charge in [-0.1, -0.05) is 35.9 Å². The molecule has 0 amide bonds. The molecule has 2 aromatic rings. The minimum atomic E-state index is -4.19. The molecule has 1 saturated heterocycles. The predicted molar refractivity (Wildman–Crippen MR) is 120 cm³/mol. The van der Waals surface area contributed by atoms with E-state index in [9.17, 15) is 18.0 Å². The summed E-state index contributed by atoms with van der Waals surface area (Å²) in [7, 11) is -2.52. The van der Waals surface area contributed by atoms with E-state index in [0.29, 0.717) is 5.56 Å². The topological polar surface area (TPSA) is 108 Å². The molecule has 9 nitrogen and oxygen atoms in total. The Hall–Kier alpha value is -2.79.